The Balaban J connectivity index is 1.89. The van der Waals surface area contributed by atoms with Crippen molar-refractivity contribution >= 4 is 31.2 Å². The molecule has 1 aromatic rings. The van der Waals surface area contributed by atoms with Gasteiger partial charge in [0.1, 0.15) is 0 Å². The second-order valence-electron chi connectivity index (χ2n) is 3.08. The van der Waals surface area contributed by atoms with Crippen molar-refractivity contribution in [3.63, 3.8) is 0 Å². The number of rotatable bonds is 3. The fourth-order valence-corrected chi connectivity index (χ4v) is 4.36. The van der Waals surface area contributed by atoms with Gasteiger partial charge in [-0.25, -0.2) is 0 Å². The summed E-state index contributed by atoms with van der Waals surface area (Å²) >= 11 is 2.83. The molecular formula is C10H12SSe. The van der Waals surface area contributed by atoms with E-state index >= 15 is 0 Å². The molecule has 0 N–H and O–H groups in total. The van der Waals surface area contributed by atoms with Crippen molar-refractivity contribution in [3.05, 3.63) is 29.8 Å². The van der Waals surface area contributed by atoms with Crippen molar-refractivity contribution in [1.82, 2.24) is 0 Å². The van der Waals surface area contributed by atoms with E-state index in [0.717, 1.165) is 20.2 Å². The number of hydrogen-bond acceptors (Lipinski definition) is 1. The van der Waals surface area contributed by atoms with Crippen LogP contribution in [-0.2, 0) is 0 Å². The molecule has 0 aliphatic carbocycles. The molecule has 12 heavy (non-hydrogen) atoms. The standard InChI is InChI=1S/C10H12SSe/c1-8-2-4-10(5-3-8)12-7-9-6-11-9/h2-5,9H,6-7H2,1H3. The molecule has 1 atom stereocenters. The van der Waals surface area contributed by atoms with E-state index in [4.69, 9.17) is 0 Å². The van der Waals surface area contributed by atoms with Gasteiger partial charge in [0.25, 0.3) is 0 Å². The van der Waals surface area contributed by atoms with Crippen molar-refractivity contribution < 1.29 is 0 Å². The average molecular weight is 243 g/mol. The molecular weight excluding hydrogens is 231 g/mol. The Morgan fingerprint density at radius 2 is 2.08 bits per heavy atom. The molecule has 1 saturated heterocycles. The Morgan fingerprint density at radius 3 is 2.67 bits per heavy atom. The Kier molecular flexibility index (Phi) is 2.80. The molecule has 64 valence electrons. The maximum atomic E-state index is 2.28. The van der Waals surface area contributed by atoms with Gasteiger partial charge in [0, 0.05) is 0 Å². The van der Waals surface area contributed by atoms with Crippen LogP contribution in [0.5, 0.6) is 0 Å². The van der Waals surface area contributed by atoms with Gasteiger partial charge in [-0.1, -0.05) is 0 Å². The van der Waals surface area contributed by atoms with Gasteiger partial charge >= 0.3 is 84.3 Å². The van der Waals surface area contributed by atoms with E-state index in [1.807, 2.05) is 0 Å². The summed E-state index contributed by atoms with van der Waals surface area (Å²) in [5.41, 5.74) is 1.37. The number of benzene rings is 1. The fraction of sp³-hybridized carbons (Fsp3) is 0.400. The van der Waals surface area contributed by atoms with Crippen LogP contribution in [0.2, 0.25) is 5.32 Å². The van der Waals surface area contributed by atoms with Gasteiger partial charge < -0.3 is 0 Å². The van der Waals surface area contributed by atoms with Gasteiger partial charge in [-0.15, -0.1) is 0 Å². The first-order valence-corrected chi connectivity index (χ1v) is 7.27. The van der Waals surface area contributed by atoms with Crippen molar-refractivity contribution in [2.24, 2.45) is 0 Å². The molecule has 0 amide bonds. The molecule has 1 unspecified atom stereocenters. The molecule has 2 rings (SSSR count). The Bertz CT molecular complexity index is 251. The Hall–Kier alpha value is 0.0895. The van der Waals surface area contributed by atoms with E-state index in [0.29, 0.717) is 0 Å². The second-order valence-corrected chi connectivity index (χ2v) is 6.71. The van der Waals surface area contributed by atoms with Crippen molar-refractivity contribution in [2.75, 3.05) is 5.75 Å². The van der Waals surface area contributed by atoms with Gasteiger partial charge in [0.15, 0.2) is 0 Å². The van der Waals surface area contributed by atoms with Crippen molar-refractivity contribution in [2.45, 2.75) is 17.5 Å². The molecule has 0 bridgehead atoms. The zero-order valence-electron chi connectivity index (χ0n) is 7.12. The fourth-order valence-electron chi connectivity index (χ4n) is 0.988. The number of aryl methyl sites for hydroxylation is 1. The normalized spacial score (nSPS) is 20.9. The van der Waals surface area contributed by atoms with E-state index in [-0.39, 0.29) is 0 Å². The van der Waals surface area contributed by atoms with Crippen LogP contribution in [0.3, 0.4) is 0 Å². The first-order valence-electron chi connectivity index (χ1n) is 4.16. The maximum absolute atomic E-state index is 2.28. The van der Waals surface area contributed by atoms with Crippen LogP contribution in [0.4, 0.5) is 0 Å². The van der Waals surface area contributed by atoms with Crippen LogP contribution < -0.4 is 4.46 Å². The zero-order valence-corrected chi connectivity index (χ0v) is 9.65. The number of hydrogen-bond donors (Lipinski definition) is 0. The molecule has 0 spiro atoms. The van der Waals surface area contributed by atoms with Gasteiger partial charge in [-0.05, 0) is 0 Å². The topological polar surface area (TPSA) is 0 Å². The van der Waals surface area contributed by atoms with E-state index in [1.165, 1.54) is 16.6 Å². The van der Waals surface area contributed by atoms with Gasteiger partial charge in [0.2, 0.25) is 0 Å². The SMILES string of the molecule is Cc1ccc([Se]CC2CS2)cc1. The molecule has 1 fully saturated rings. The predicted octanol–water partition coefficient (Wildman–Crippen LogP) is 1.86. The second kappa shape index (κ2) is 3.87. The Morgan fingerprint density at radius 1 is 1.42 bits per heavy atom. The number of thioether (sulfide) groups is 1. The van der Waals surface area contributed by atoms with Crippen LogP contribution in [0.15, 0.2) is 24.3 Å². The summed E-state index contributed by atoms with van der Waals surface area (Å²) in [7, 11) is 0. The minimum absolute atomic E-state index is 0.724. The molecule has 1 aliphatic heterocycles. The summed E-state index contributed by atoms with van der Waals surface area (Å²) in [6.07, 6.45) is 0. The summed E-state index contributed by atoms with van der Waals surface area (Å²) < 4.78 is 1.56. The Labute approximate surface area is 84.3 Å². The van der Waals surface area contributed by atoms with Gasteiger partial charge in [-0.3, -0.25) is 0 Å². The average Bonchev–Trinajstić information content (AvgIpc) is 2.87. The first-order chi connectivity index (χ1) is 5.84. The quantitative estimate of drug-likeness (QED) is 0.577. The van der Waals surface area contributed by atoms with Crippen LogP contribution in [0, 0.1) is 6.92 Å². The van der Waals surface area contributed by atoms with Crippen LogP contribution in [0.25, 0.3) is 0 Å². The van der Waals surface area contributed by atoms with E-state index in [9.17, 15) is 0 Å². The zero-order chi connectivity index (χ0) is 8.39. The summed E-state index contributed by atoms with van der Waals surface area (Å²) in [4.78, 5) is 0. The molecule has 0 radical (unpaired) electrons. The summed E-state index contributed by atoms with van der Waals surface area (Å²) in [6, 6.07) is 9.00. The molecule has 0 aromatic heterocycles. The molecule has 1 aromatic carbocycles. The predicted molar refractivity (Wildman–Crippen MR) is 57.6 cm³/mol. The van der Waals surface area contributed by atoms with Gasteiger partial charge in [0.05, 0.1) is 0 Å². The molecule has 0 nitrogen and oxygen atoms in total. The monoisotopic (exact) mass is 244 g/mol. The van der Waals surface area contributed by atoms with Crippen molar-refractivity contribution in [1.29, 1.82) is 0 Å². The van der Waals surface area contributed by atoms with E-state index in [2.05, 4.69) is 43.0 Å². The molecule has 1 aliphatic rings. The van der Waals surface area contributed by atoms with Crippen LogP contribution in [-0.4, -0.2) is 26.0 Å². The van der Waals surface area contributed by atoms with Crippen LogP contribution in [0.1, 0.15) is 5.56 Å². The van der Waals surface area contributed by atoms with Gasteiger partial charge in [-0.2, -0.15) is 0 Å². The van der Waals surface area contributed by atoms with Crippen LogP contribution >= 0.6 is 11.8 Å². The molecule has 0 saturated carbocycles. The van der Waals surface area contributed by atoms with E-state index < -0.39 is 0 Å². The third-order valence-electron chi connectivity index (χ3n) is 1.86. The third-order valence-corrected chi connectivity index (χ3v) is 5.77. The summed E-state index contributed by atoms with van der Waals surface area (Å²) in [5, 5.41) is 2.44. The molecule has 2 heteroatoms. The third kappa shape index (κ3) is 2.55. The van der Waals surface area contributed by atoms with Crippen molar-refractivity contribution in [3.8, 4) is 0 Å². The minimum atomic E-state index is 0.724. The molecule has 1 heterocycles. The first kappa shape index (κ1) is 8.68. The summed E-state index contributed by atoms with van der Waals surface area (Å²) in [5.74, 6) is 1.41. The summed E-state index contributed by atoms with van der Waals surface area (Å²) in [6.45, 7) is 2.15. The van der Waals surface area contributed by atoms with E-state index in [1.54, 1.807) is 4.46 Å².